The Morgan fingerprint density at radius 2 is 1.60 bits per heavy atom. The van der Waals surface area contributed by atoms with E-state index in [1.807, 2.05) is 0 Å². The molecule has 3 rings (SSSR count). The zero-order valence-corrected chi connectivity index (χ0v) is 29.2. The van der Waals surface area contributed by atoms with Crippen LogP contribution in [-0.2, 0) is 40.1 Å². The summed E-state index contributed by atoms with van der Waals surface area (Å²) in [5.41, 5.74) is 5.93. The molecule has 0 saturated heterocycles. The summed E-state index contributed by atoms with van der Waals surface area (Å²) in [6.07, 6.45) is 1.56. The molecular weight excluding hydrogens is 696 g/mol. The number of nitrogens with zero attached hydrogens (tertiary/aromatic N) is 2. The molecule has 5 N–H and O–H groups in total. The van der Waals surface area contributed by atoms with Gasteiger partial charge in [-0.25, -0.2) is 9.59 Å². The number of Topliss-reactive ketones (excluding diaryl/α,β-unsaturated/α-hetero) is 1. The topological polar surface area (TPSA) is 256 Å². The predicted molar refractivity (Wildman–Crippen MR) is 187 cm³/mol. The van der Waals surface area contributed by atoms with Gasteiger partial charge < -0.3 is 35.9 Å². The number of carbonyl (C=O) groups excluding carboxylic acids is 7. The molecule has 1 aliphatic rings. The molecule has 1 aliphatic heterocycles. The number of rotatable bonds is 21. The summed E-state index contributed by atoms with van der Waals surface area (Å²) in [7, 11) is 0. The Morgan fingerprint density at radius 3 is 2.21 bits per heavy atom. The van der Waals surface area contributed by atoms with Crippen LogP contribution in [0.15, 0.2) is 60.7 Å². The lowest BCUT2D eigenvalue weighted by Gasteiger charge is -2.24. The Balaban J connectivity index is 1.52. The van der Waals surface area contributed by atoms with Gasteiger partial charge in [-0.1, -0.05) is 26.0 Å². The van der Waals surface area contributed by atoms with E-state index in [2.05, 4.69) is 16.0 Å². The van der Waals surface area contributed by atoms with E-state index in [4.69, 9.17) is 19.9 Å². The molecule has 0 spiro atoms. The average molecular weight is 739 g/mol. The van der Waals surface area contributed by atoms with Crippen molar-refractivity contribution in [1.82, 2.24) is 15.5 Å². The Labute approximate surface area is 304 Å². The fourth-order valence-corrected chi connectivity index (χ4v) is 5.03. The summed E-state index contributed by atoms with van der Waals surface area (Å²) >= 11 is 0. The molecule has 0 fully saturated rings. The minimum Gasteiger partial charge on any atom is -0.429 e. The van der Waals surface area contributed by atoms with Gasteiger partial charge in [0, 0.05) is 55.3 Å². The molecule has 6 amide bonds. The Morgan fingerprint density at radius 1 is 0.943 bits per heavy atom. The number of nitro groups is 1. The molecule has 0 aliphatic carbocycles. The zero-order valence-electron chi connectivity index (χ0n) is 29.2. The summed E-state index contributed by atoms with van der Waals surface area (Å²) in [4.78, 5) is 97.2. The van der Waals surface area contributed by atoms with Crippen LogP contribution in [0.1, 0.15) is 45.1 Å². The van der Waals surface area contributed by atoms with E-state index >= 15 is 0 Å². The van der Waals surface area contributed by atoms with Gasteiger partial charge in [0.25, 0.3) is 17.5 Å². The number of anilines is 1. The second-order valence-electron chi connectivity index (χ2n) is 12.2. The van der Waals surface area contributed by atoms with Gasteiger partial charge in [0.05, 0.1) is 30.7 Å². The number of benzene rings is 2. The van der Waals surface area contributed by atoms with Crippen molar-refractivity contribution in [2.24, 2.45) is 17.6 Å². The van der Waals surface area contributed by atoms with Crippen molar-refractivity contribution < 1.29 is 52.7 Å². The van der Waals surface area contributed by atoms with E-state index in [-0.39, 0.29) is 75.3 Å². The second-order valence-corrected chi connectivity index (χ2v) is 12.2. The second kappa shape index (κ2) is 20.6. The highest BCUT2D eigenvalue weighted by atomic mass is 16.7. The SMILES string of the molecule is CC(C)[C@H](NC(=O)CCOCCN1C(=O)C=CC1=O)C(=O)C[C@@H](CCCNC(N)=O)C(=O)Nc1ccc(COC(=O)Oc2ccc([N+](=O)[O-])cc2)cc1. The third-order valence-electron chi connectivity index (χ3n) is 7.84. The van der Waals surface area contributed by atoms with Crippen molar-refractivity contribution in [3.8, 4) is 5.75 Å². The summed E-state index contributed by atoms with van der Waals surface area (Å²) in [5.74, 6) is -3.25. The third-order valence-corrected chi connectivity index (χ3v) is 7.84. The van der Waals surface area contributed by atoms with Crippen LogP contribution in [0.5, 0.6) is 5.75 Å². The van der Waals surface area contributed by atoms with Gasteiger partial charge in [-0.15, -0.1) is 0 Å². The largest absolute Gasteiger partial charge is 0.514 e. The van der Waals surface area contributed by atoms with Gasteiger partial charge in [-0.3, -0.25) is 39.0 Å². The smallest absolute Gasteiger partial charge is 0.429 e. The lowest BCUT2D eigenvalue weighted by molar-refractivity contribution is -0.384. The molecule has 0 aromatic heterocycles. The van der Waals surface area contributed by atoms with Crippen molar-refractivity contribution in [3.63, 3.8) is 0 Å². The average Bonchev–Trinajstić information content (AvgIpc) is 3.43. The summed E-state index contributed by atoms with van der Waals surface area (Å²) in [6.45, 7) is 3.59. The fourth-order valence-electron chi connectivity index (χ4n) is 5.03. The Bertz CT molecular complexity index is 1660. The number of ether oxygens (including phenoxy) is 3. The van der Waals surface area contributed by atoms with Crippen LogP contribution < -0.4 is 26.4 Å². The van der Waals surface area contributed by atoms with Gasteiger partial charge in [-0.2, -0.15) is 0 Å². The first-order chi connectivity index (χ1) is 25.2. The highest BCUT2D eigenvalue weighted by molar-refractivity contribution is 6.12. The number of nitrogens with one attached hydrogen (secondary N) is 3. The van der Waals surface area contributed by atoms with Gasteiger partial charge in [0.15, 0.2) is 5.78 Å². The molecule has 1 heterocycles. The van der Waals surface area contributed by atoms with Crippen molar-refractivity contribution >= 4 is 53.0 Å². The molecule has 0 bridgehead atoms. The molecular formula is C35H42N6O12. The molecule has 0 radical (unpaired) electrons. The van der Waals surface area contributed by atoms with Crippen LogP contribution >= 0.6 is 0 Å². The lowest BCUT2D eigenvalue weighted by atomic mass is 9.89. The summed E-state index contributed by atoms with van der Waals surface area (Å²) < 4.78 is 15.5. The normalized spacial score (nSPS) is 13.3. The highest BCUT2D eigenvalue weighted by Gasteiger charge is 2.29. The highest BCUT2D eigenvalue weighted by Crippen LogP contribution is 2.21. The molecule has 2 aromatic carbocycles. The number of amides is 6. The molecule has 18 nitrogen and oxygen atoms in total. The lowest BCUT2D eigenvalue weighted by Crippen LogP contribution is -2.46. The quantitative estimate of drug-likeness (QED) is 0.0360. The first-order valence-corrected chi connectivity index (χ1v) is 16.7. The number of primary amides is 1. The van der Waals surface area contributed by atoms with Crippen LogP contribution in [-0.4, -0.2) is 83.8 Å². The van der Waals surface area contributed by atoms with Crippen molar-refractivity contribution in [1.29, 1.82) is 0 Å². The molecule has 0 saturated carbocycles. The maximum absolute atomic E-state index is 13.5. The maximum Gasteiger partial charge on any atom is 0.514 e. The number of hydrogen-bond acceptors (Lipinski definition) is 12. The minimum absolute atomic E-state index is 0.0104. The Hall–Kier alpha value is -6.17. The molecule has 284 valence electrons. The van der Waals surface area contributed by atoms with Gasteiger partial charge in [0.2, 0.25) is 11.8 Å². The molecule has 0 unspecified atom stereocenters. The number of nitrogens with two attached hydrogens (primary N) is 1. The van der Waals surface area contributed by atoms with E-state index < -0.39 is 52.7 Å². The van der Waals surface area contributed by atoms with Crippen LogP contribution in [0.3, 0.4) is 0 Å². The number of non-ortho nitro benzene ring substituents is 1. The molecule has 2 aromatic rings. The van der Waals surface area contributed by atoms with E-state index in [1.54, 1.807) is 38.1 Å². The van der Waals surface area contributed by atoms with Crippen LogP contribution in [0.4, 0.5) is 21.0 Å². The van der Waals surface area contributed by atoms with Crippen LogP contribution in [0, 0.1) is 22.0 Å². The van der Waals surface area contributed by atoms with E-state index in [0.717, 1.165) is 4.90 Å². The van der Waals surface area contributed by atoms with Gasteiger partial charge in [-0.05, 0) is 48.6 Å². The monoisotopic (exact) mass is 738 g/mol. The fraction of sp³-hybridized carbons (Fsp3) is 0.400. The van der Waals surface area contributed by atoms with Crippen molar-refractivity contribution in [2.75, 3.05) is 31.6 Å². The van der Waals surface area contributed by atoms with Gasteiger partial charge in [0.1, 0.15) is 12.4 Å². The molecule has 53 heavy (non-hydrogen) atoms. The third kappa shape index (κ3) is 14.2. The predicted octanol–water partition coefficient (Wildman–Crippen LogP) is 2.75. The Kier molecular flexibility index (Phi) is 16.1. The molecule has 18 heteroatoms. The number of ketones is 1. The zero-order chi connectivity index (χ0) is 38.9. The first-order valence-electron chi connectivity index (χ1n) is 16.7. The number of urea groups is 1. The van der Waals surface area contributed by atoms with Crippen molar-refractivity contribution in [2.45, 2.75) is 52.2 Å². The minimum atomic E-state index is -1.03. The van der Waals surface area contributed by atoms with E-state index in [9.17, 15) is 43.7 Å². The van der Waals surface area contributed by atoms with Gasteiger partial charge >= 0.3 is 12.2 Å². The van der Waals surface area contributed by atoms with Crippen LogP contribution in [0.2, 0.25) is 0 Å². The summed E-state index contributed by atoms with van der Waals surface area (Å²) in [6, 6.07) is 9.60. The standard InChI is InChI=1S/C35H42N6O12/c1-22(2)32(39-29(43)15-18-51-19-17-40-30(44)13-14-31(40)45)28(42)20-24(4-3-16-37-34(36)47)33(46)38-25-7-5-23(6-8-25)21-52-35(48)53-27-11-9-26(10-12-27)41(49)50/h5-14,22,24,32H,3-4,15-21H2,1-2H3,(H,38,46)(H,39,43)(H3,36,37,47)/t24-,32+/m1/s1. The summed E-state index contributed by atoms with van der Waals surface area (Å²) in [5, 5.41) is 18.7. The first kappa shape index (κ1) is 41.3. The number of carbonyl (C=O) groups is 7. The maximum atomic E-state index is 13.5. The van der Waals surface area contributed by atoms with Crippen molar-refractivity contribution in [3.05, 3.63) is 76.4 Å². The number of hydrogen-bond donors (Lipinski definition) is 4. The molecule has 2 atom stereocenters. The van der Waals surface area contributed by atoms with E-state index in [0.29, 0.717) is 17.7 Å². The van der Waals surface area contributed by atoms with E-state index in [1.165, 1.54) is 36.4 Å². The number of imide groups is 1. The number of nitro benzene ring substituents is 1. The van der Waals surface area contributed by atoms with Crippen LogP contribution in [0.25, 0.3) is 0 Å².